The Bertz CT molecular complexity index is 729. The number of benzene rings is 1. The first-order chi connectivity index (χ1) is 8.72. The van der Waals surface area contributed by atoms with Gasteiger partial charge in [0.1, 0.15) is 5.76 Å². The smallest absolute Gasteiger partial charge is 0.323 e. The van der Waals surface area contributed by atoms with Gasteiger partial charge in [-0.3, -0.25) is 0 Å². The van der Waals surface area contributed by atoms with Crippen LogP contribution >= 0.6 is 15.9 Å². The van der Waals surface area contributed by atoms with Crippen LogP contribution in [0.2, 0.25) is 0 Å². The van der Waals surface area contributed by atoms with Crippen molar-refractivity contribution in [1.29, 1.82) is 0 Å². The van der Waals surface area contributed by atoms with Crippen LogP contribution in [-0.2, 0) is 6.54 Å². The average molecular weight is 309 g/mol. The third-order valence-electron chi connectivity index (χ3n) is 2.54. The highest BCUT2D eigenvalue weighted by Gasteiger charge is 2.06. The van der Waals surface area contributed by atoms with Crippen LogP contribution in [0.5, 0.6) is 0 Å². The zero-order valence-corrected chi connectivity index (χ0v) is 10.7. The molecule has 0 atom stereocenters. The zero-order valence-electron chi connectivity index (χ0n) is 9.16. The van der Waals surface area contributed by atoms with Crippen LogP contribution in [0.3, 0.4) is 0 Å². The maximum absolute atomic E-state index is 11.2. The molecule has 0 spiro atoms. The van der Waals surface area contributed by atoms with Crippen LogP contribution < -0.4 is 11.0 Å². The standard InChI is InChI=1S/C11H9BrN4O2/c12-7-1-9-10(16-11(17)15-9)2-8(7)14-4-6-3-13-5-18-6/h1-3,5,14H,4H2,(H2,15,16,17). The molecule has 0 aliphatic rings. The van der Waals surface area contributed by atoms with E-state index in [0.29, 0.717) is 6.54 Å². The lowest BCUT2D eigenvalue weighted by molar-refractivity contribution is 0.511. The number of H-pyrrole nitrogens is 2. The van der Waals surface area contributed by atoms with Crippen LogP contribution in [0.15, 0.2) is 38.4 Å². The molecule has 18 heavy (non-hydrogen) atoms. The van der Waals surface area contributed by atoms with E-state index in [1.807, 2.05) is 12.1 Å². The van der Waals surface area contributed by atoms with Crippen molar-refractivity contribution >= 4 is 32.7 Å². The van der Waals surface area contributed by atoms with Gasteiger partial charge >= 0.3 is 5.69 Å². The Morgan fingerprint density at radius 2 is 2.11 bits per heavy atom. The van der Waals surface area contributed by atoms with Crippen molar-refractivity contribution < 1.29 is 4.42 Å². The fourth-order valence-electron chi connectivity index (χ4n) is 1.70. The number of anilines is 1. The van der Waals surface area contributed by atoms with Crippen molar-refractivity contribution in [2.45, 2.75) is 6.54 Å². The van der Waals surface area contributed by atoms with Crippen LogP contribution in [0.1, 0.15) is 5.76 Å². The quantitative estimate of drug-likeness (QED) is 0.692. The molecule has 0 fully saturated rings. The number of nitrogens with one attached hydrogen (secondary N) is 3. The molecule has 2 heterocycles. The first-order valence-corrected chi connectivity index (χ1v) is 6.04. The molecule has 2 aromatic heterocycles. The van der Waals surface area contributed by atoms with Crippen LogP contribution in [0.4, 0.5) is 5.69 Å². The van der Waals surface area contributed by atoms with Crippen LogP contribution in [0.25, 0.3) is 11.0 Å². The van der Waals surface area contributed by atoms with E-state index in [0.717, 1.165) is 27.0 Å². The third-order valence-corrected chi connectivity index (χ3v) is 3.20. The van der Waals surface area contributed by atoms with Crippen molar-refractivity contribution in [1.82, 2.24) is 15.0 Å². The lowest BCUT2D eigenvalue weighted by Gasteiger charge is -2.06. The lowest BCUT2D eigenvalue weighted by atomic mass is 10.2. The molecule has 0 amide bonds. The summed E-state index contributed by atoms with van der Waals surface area (Å²) in [7, 11) is 0. The average Bonchev–Trinajstić information content (AvgIpc) is 2.94. The molecule has 1 aromatic carbocycles. The number of aromatic nitrogens is 3. The van der Waals surface area contributed by atoms with E-state index in [4.69, 9.17) is 4.42 Å². The van der Waals surface area contributed by atoms with Gasteiger partial charge in [0, 0.05) is 4.47 Å². The zero-order chi connectivity index (χ0) is 12.5. The van der Waals surface area contributed by atoms with Crippen LogP contribution in [0, 0.1) is 0 Å². The second-order valence-electron chi connectivity index (χ2n) is 3.78. The Hall–Kier alpha value is -2.02. The van der Waals surface area contributed by atoms with E-state index >= 15 is 0 Å². The van der Waals surface area contributed by atoms with Gasteiger partial charge in [-0.2, -0.15) is 0 Å². The van der Waals surface area contributed by atoms with E-state index in [1.165, 1.54) is 6.39 Å². The first-order valence-electron chi connectivity index (χ1n) is 5.25. The SMILES string of the molecule is O=c1[nH]c2cc(Br)c(NCc3cnco3)cc2[nH]1. The molecule has 0 aliphatic heterocycles. The second-order valence-corrected chi connectivity index (χ2v) is 4.63. The third kappa shape index (κ3) is 2.04. The molecule has 0 saturated carbocycles. The highest BCUT2D eigenvalue weighted by molar-refractivity contribution is 9.10. The maximum atomic E-state index is 11.2. The maximum Gasteiger partial charge on any atom is 0.323 e. The summed E-state index contributed by atoms with van der Waals surface area (Å²) in [6.45, 7) is 0.527. The van der Waals surface area contributed by atoms with Gasteiger partial charge in [0.05, 0.1) is 29.5 Å². The second kappa shape index (κ2) is 4.34. The van der Waals surface area contributed by atoms with Gasteiger partial charge in [0.25, 0.3) is 0 Å². The molecule has 0 unspecified atom stereocenters. The minimum atomic E-state index is -0.218. The molecule has 0 saturated heterocycles. The minimum Gasteiger partial charge on any atom is -0.447 e. The Labute approximate surface area is 110 Å². The van der Waals surface area contributed by atoms with E-state index in [-0.39, 0.29) is 5.69 Å². The van der Waals surface area contributed by atoms with Gasteiger partial charge in [-0.05, 0) is 28.1 Å². The Morgan fingerprint density at radius 3 is 2.83 bits per heavy atom. The molecule has 0 bridgehead atoms. The topological polar surface area (TPSA) is 86.7 Å². The molecule has 3 rings (SSSR count). The number of hydrogen-bond acceptors (Lipinski definition) is 4. The summed E-state index contributed by atoms with van der Waals surface area (Å²) in [4.78, 5) is 20.4. The summed E-state index contributed by atoms with van der Waals surface area (Å²) >= 11 is 3.45. The first kappa shape index (κ1) is 11.1. The van der Waals surface area contributed by atoms with Crippen molar-refractivity contribution in [3.8, 4) is 0 Å². The molecule has 0 aliphatic carbocycles. The summed E-state index contributed by atoms with van der Waals surface area (Å²) in [5, 5.41) is 3.20. The predicted octanol–water partition coefficient (Wildman–Crippen LogP) is 2.22. The lowest BCUT2D eigenvalue weighted by Crippen LogP contribution is -1.99. The van der Waals surface area contributed by atoms with E-state index in [2.05, 4.69) is 36.2 Å². The number of aromatic amines is 2. The van der Waals surface area contributed by atoms with Gasteiger partial charge < -0.3 is 19.7 Å². The molecule has 3 aromatic rings. The van der Waals surface area contributed by atoms with Crippen molar-refractivity contribution in [2.24, 2.45) is 0 Å². The van der Waals surface area contributed by atoms with Gasteiger partial charge in [-0.1, -0.05) is 0 Å². The van der Waals surface area contributed by atoms with E-state index in [1.54, 1.807) is 6.20 Å². The number of halogens is 1. The van der Waals surface area contributed by atoms with Crippen molar-refractivity contribution in [2.75, 3.05) is 5.32 Å². The molecular weight excluding hydrogens is 300 g/mol. The Morgan fingerprint density at radius 1 is 1.33 bits per heavy atom. The monoisotopic (exact) mass is 308 g/mol. The fourth-order valence-corrected chi connectivity index (χ4v) is 2.19. The number of oxazole rings is 1. The summed E-state index contributed by atoms with van der Waals surface area (Å²) in [5.74, 6) is 0.740. The van der Waals surface area contributed by atoms with Crippen LogP contribution in [-0.4, -0.2) is 15.0 Å². The fraction of sp³-hybridized carbons (Fsp3) is 0.0909. The Kier molecular flexibility index (Phi) is 2.67. The molecule has 7 heteroatoms. The predicted molar refractivity (Wildman–Crippen MR) is 70.4 cm³/mol. The molecule has 6 nitrogen and oxygen atoms in total. The van der Waals surface area contributed by atoms with Crippen molar-refractivity contribution in [3.63, 3.8) is 0 Å². The number of hydrogen-bond donors (Lipinski definition) is 3. The van der Waals surface area contributed by atoms with Gasteiger partial charge in [0.2, 0.25) is 0 Å². The largest absolute Gasteiger partial charge is 0.447 e. The summed E-state index contributed by atoms with van der Waals surface area (Å²) in [6, 6.07) is 3.70. The number of imidazole rings is 1. The number of nitrogens with zero attached hydrogens (tertiary/aromatic N) is 1. The van der Waals surface area contributed by atoms with Gasteiger partial charge in [-0.15, -0.1) is 0 Å². The molecular formula is C11H9BrN4O2. The molecule has 92 valence electrons. The van der Waals surface area contributed by atoms with E-state index < -0.39 is 0 Å². The normalized spacial score (nSPS) is 10.9. The summed E-state index contributed by atoms with van der Waals surface area (Å²) < 4.78 is 6.00. The number of fused-ring (bicyclic) bond motifs is 1. The van der Waals surface area contributed by atoms with Crippen molar-refractivity contribution in [3.05, 3.63) is 45.4 Å². The summed E-state index contributed by atoms with van der Waals surface area (Å²) in [6.07, 6.45) is 3.04. The van der Waals surface area contributed by atoms with E-state index in [9.17, 15) is 4.79 Å². The minimum absolute atomic E-state index is 0.218. The highest BCUT2D eigenvalue weighted by Crippen LogP contribution is 2.26. The molecule has 0 radical (unpaired) electrons. The highest BCUT2D eigenvalue weighted by atomic mass is 79.9. The number of rotatable bonds is 3. The summed E-state index contributed by atoms with van der Waals surface area (Å²) in [5.41, 5.74) is 2.17. The van der Waals surface area contributed by atoms with Gasteiger partial charge in [0.15, 0.2) is 6.39 Å². The van der Waals surface area contributed by atoms with Gasteiger partial charge in [-0.25, -0.2) is 9.78 Å². The molecule has 3 N–H and O–H groups in total. The Balaban J connectivity index is 1.91.